The van der Waals surface area contributed by atoms with Crippen molar-refractivity contribution in [2.75, 3.05) is 18.6 Å². The molecule has 0 amide bonds. The van der Waals surface area contributed by atoms with E-state index >= 15 is 0 Å². The molecule has 1 aliphatic rings. The van der Waals surface area contributed by atoms with Gasteiger partial charge >= 0.3 is 0 Å². The molecule has 6 heteroatoms. The Labute approximate surface area is 123 Å². The molecular formula is C13H23N3OS2. The molecule has 1 fully saturated rings. The van der Waals surface area contributed by atoms with Crippen LogP contribution in [0.15, 0.2) is 4.52 Å². The maximum absolute atomic E-state index is 5.42. The van der Waals surface area contributed by atoms with E-state index < -0.39 is 0 Å². The highest BCUT2D eigenvalue weighted by molar-refractivity contribution is 8.06. The van der Waals surface area contributed by atoms with Crippen LogP contribution in [0.25, 0.3) is 0 Å². The fourth-order valence-electron chi connectivity index (χ4n) is 2.27. The monoisotopic (exact) mass is 301 g/mol. The summed E-state index contributed by atoms with van der Waals surface area (Å²) in [6.07, 6.45) is 3.06. The lowest BCUT2D eigenvalue weighted by atomic mass is 10.1. The second-order valence-electron chi connectivity index (χ2n) is 4.75. The van der Waals surface area contributed by atoms with Crippen LogP contribution in [-0.2, 0) is 6.42 Å². The van der Waals surface area contributed by atoms with Crippen molar-refractivity contribution in [2.24, 2.45) is 0 Å². The van der Waals surface area contributed by atoms with Gasteiger partial charge in [0.05, 0.1) is 5.25 Å². The van der Waals surface area contributed by atoms with Crippen LogP contribution in [0.5, 0.6) is 0 Å². The maximum Gasteiger partial charge on any atom is 0.228 e. The summed E-state index contributed by atoms with van der Waals surface area (Å²) in [4.78, 5) is 4.62. The zero-order valence-corrected chi connectivity index (χ0v) is 13.5. The van der Waals surface area contributed by atoms with E-state index in [1.54, 1.807) is 0 Å². The highest BCUT2D eigenvalue weighted by atomic mass is 32.2. The average molecular weight is 301 g/mol. The van der Waals surface area contributed by atoms with Crippen LogP contribution in [0.2, 0.25) is 0 Å². The Morgan fingerprint density at radius 3 is 2.84 bits per heavy atom. The van der Waals surface area contributed by atoms with Crippen LogP contribution < -0.4 is 5.32 Å². The third-order valence-electron chi connectivity index (χ3n) is 3.51. The molecule has 2 heterocycles. The molecule has 1 aromatic rings. The smallest absolute Gasteiger partial charge is 0.228 e. The number of aromatic nitrogens is 2. The van der Waals surface area contributed by atoms with Crippen molar-refractivity contribution in [1.29, 1.82) is 0 Å². The first-order valence-corrected chi connectivity index (χ1v) is 9.11. The fourth-order valence-corrected chi connectivity index (χ4v) is 5.25. The van der Waals surface area contributed by atoms with Crippen molar-refractivity contribution >= 4 is 23.5 Å². The van der Waals surface area contributed by atoms with Gasteiger partial charge in [-0.3, -0.25) is 0 Å². The number of hydrogen-bond donors (Lipinski definition) is 1. The lowest BCUT2D eigenvalue weighted by Crippen LogP contribution is -2.26. The molecule has 108 valence electrons. The Bertz CT molecular complexity index is 382. The molecule has 0 aromatic carbocycles. The minimum absolute atomic E-state index is 0.399. The lowest BCUT2D eigenvalue weighted by Gasteiger charge is -2.27. The van der Waals surface area contributed by atoms with Crippen LogP contribution in [0.3, 0.4) is 0 Å². The summed E-state index contributed by atoms with van der Waals surface area (Å²) in [6, 6.07) is 0.420. The van der Waals surface area contributed by atoms with Crippen molar-refractivity contribution in [3.05, 3.63) is 11.7 Å². The lowest BCUT2D eigenvalue weighted by molar-refractivity contribution is 0.354. The first-order chi connectivity index (χ1) is 9.28. The Balaban J connectivity index is 2.02. The summed E-state index contributed by atoms with van der Waals surface area (Å²) in [5.74, 6) is 4.08. The second-order valence-corrected chi connectivity index (χ2v) is 7.35. The molecule has 0 bridgehead atoms. The van der Waals surface area contributed by atoms with Gasteiger partial charge in [0.2, 0.25) is 5.89 Å². The van der Waals surface area contributed by atoms with Crippen LogP contribution in [-0.4, -0.2) is 40.0 Å². The molecule has 3 unspecified atom stereocenters. The number of likely N-dealkylation sites (N-methyl/N-ethyl adjacent to an activating group) is 1. The van der Waals surface area contributed by atoms with E-state index in [-0.39, 0.29) is 0 Å². The summed E-state index contributed by atoms with van der Waals surface area (Å²) in [7, 11) is 1.98. The number of nitrogens with zero attached hydrogens (tertiary/aromatic N) is 2. The van der Waals surface area contributed by atoms with E-state index in [1.807, 2.05) is 30.6 Å². The van der Waals surface area contributed by atoms with Gasteiger partial charge in [-0.25, -0.2) is 0 Å². The van der Waals surface area contributed by atoms with E-state index in [1.165, 1.54) is 17.9 Å². The predicted octanol–water partition coefficient (Wildman–Crippen LogP) is 2.91. The van der Waals surface area contributed by atoms with Gasteiger partial charge in [-0.15, -0.1) is 11.8 Å². The molecule has 1 saturated heterocycles. The summed E-state index contributed by atoms with van der Waals surface area (Å²) >= 11 is 4.01. The molecule has 0 radical (unpaired) electrons. The Hall–Kier alpha value is -0.200. The zero-order chi connectivity index (χ0) is 13.7. The first-order valence-electron chi connectivity index (χ1n) is 7.01. The third kappa shape index (κ3) is 3.89. The van der Waals surface area contributed by atoms with Gasteiger partial charge in [0.15, 0.2) is 5.82 Å². The molecule has 0 aliphatic carbocycles. The average Bonchev–Trinajstić information content (AvgIpc) is 2.93. The van der Waals surface area contributed by atoms with Crippen molar-refractivity contribution in [3.8, 4) is 0 Å². The topological polar surface area (TPSA) is 51.0 Å². The highest BCUT2D eigenvalue weighted by Crippen LogP contribution is 2.42. The van der Waals surface area contributed by atoms with E-state index in [0.29, 0.717) is 16.5 Å². The Morgan fingerprint density at radius 2 is 2.16 bits per heavy atom. The van der Waals surface area contributed by atoms with Crippen LogP contribution in [0.1, 0.15) is 43.7 Å². The summed E-state index contributed by atoms with van der Waals surface area (Å²) in [5, 5.41) is 8.50. The van der Waals surface area contributed by atoms with E-state index in [9.17, 15) is 0 Å². The molecule has 1 N–H and O–H groups in total. The van der Waals surface area contributed by atoms with Gasteiger partial charge in [-0.2, -0.15) is 16.7 Å². The Kier molecular flexibility index (Phi) is 6.04. The van der Waals surface area contributed by atoms with Gasteiger partial charge < -0.3 is 9.84 Å². The fraction of sp³-hybridized carbons (Fsp3) is 0.846. The van der Waals surface area contributed by atoms with Crippen LogP contribution in [0.4, 0.5) is 0 Å². The summed E-state index contributed by atoms with van der Waals surface area (Å²) < 4.78 is 5.42. The van der Waals surface area contributed by atoms with Crippen molar-refractivity contribution < 1.29 is 4.52 Å². The van der Waals surface area contributed by atoms with Gasteiger partial charge in [0, 0.05) is 29.2 Å². The van der Waals surface area contributed by atoms with E-state index in [2.05, 4.69) is 29.3 Å². The zero-order valence-electron chi connectivity index (χ0n) is 11.9. The van der Waals surface area contributed by atoms with Gasteiger partial charge in [-0.05, 0) is 19.9 Å². The minimum atomic E-state index is 0.399. The number of nitrogens with one attached hydrogen (secondary N) is 1. The van der Waals surface area contributed by atoms with Crippen LogP contribution >= 0.6 is 23.5 Å². The van der Waals surface area contributed by atoms with Crippen molar-refractivity contribution in [2.45, 2.75) is 49.7 Å². The SMILES string of the molecule is CCC(Cc1nc(C2SCCSC2CC)no1)NC. The van der Waals surface area contributed by atoms with Crippen molar-refractivity contribution in [3.63, 3.8) is 0 Å². The predicted molar refractivity (Wildman–Crippen MR) is 82.9 cm³/mol. The molecule has 1 aliphatic heterocycles. The largest absolute Gasteiger partial charge is 0.339 e. The summed E-state index contributed by atoms with van der Waals surface area (Å²) in [6.45, 7) is 4.41. The number of hydrogen-bond acceptors (Lipinski definition) is 6. The first kappa shape index (κ1) is 15.2. The molecule has 2 rings (SSSR count). The quantitative estimate of drug-likeness (QED) is 0.872. The molecule has 4 nitrogen and oxygen atoms in total. The summed E-state index contributed by atoms with van der Waals surface area (Å²) in [5.41, 5.74) is 0. The molecule has 3 atom stereocenters. The third-order valence-corrected chi connectivity index (χ3v) is 6.76. The van der Waals surface area contributed by atoms with E-state index in [4.69, 9.17) is 4.52 Å². The van der Waals surface area contributed by atoms with E-state index in [0.717, 1.165) is 24.6 Å². The normalized spacial score (nSPS) is 25.4. The highest BCUT2D eigenvalue weighted by Gasteiger charge is 2.30. The second kappa shape index (κ2) is 7.55. The van der Waals surface area contributed by atoms with Gasteiger partial charge in [0.25, 0.3) is 0 Å². The maximum atomic E-state index is 5.42. The Morgan fingerprint density at radius 1 is 1.37 bits per heavy atom. The van der Waals surface area contributed by atoms with Crippen molar-refractivity contribution in [1.82, 2.24) is 15.5 Å². The molecule has 0 saturated carbocycles. The number of rotatable bonds is 6. The molecule has 19 heavy (non-hydrogen) atoms. The molecule has 1 aromatic heterocycles. The number of thioether (sulfide) groups is 2. The van der Waals surface area contributed by atoms with Gasteiger partial charge in [0.1, 0.15) is 0 Å². The minimum Gasteiger partial charge on any atom is -0.339 e. The van der Waals surface area contributed by atoms with Crippen LogP contribution in [0, 0.1) is 0 Å². The van der Waals surface area contributed by atoms with Gasteiger partial charge in [-0.1, -0.05) is 19.0 Å². The standard InChI is InChI=1S/C13H23N3OS2/c1-4-9(14-3)8-11-15-13(16-17-11)12-10(5-2)18-6-7-19-12/h9-10,12,14H,4-8H2,1-3H3. The molecule has 0 spiro atoms. The molecular weight excluding hydrogens is 278 g/mol.